The van der Waals surface area contributed by atoms with E-state index in [0.717, 1.165) is 0 Å². The molecule has 6 heteroatoms. The summed E-state index contributed by atoms with van der Waals surface area (Å²) in [6, 6.07) is 4.69. The summed E-state index contributed by atoms with van der Waals surface area (Å²) in [6.07, 6.45) is 5.02. The minimum Gasteiger partial charge on any atom is -0.451 e. The van der Waals surface area contributed by atoms with E-state index in [4.69, 9.17) is 35.4 Å². The number of rotatable bonds is 2. The number of benzene rings is 1. The lowest BCUT2D eigenvalue weighted by Crippen LogP contribution is -2.11. The van der Waals surface area contributed by atoms with Crippen molar-refractivity contribution >= 4 is 34.5 Å². The second kappa shape index (κ2) is 8.41. The molecular weight excluding hydrogens is 289 g/mol. The number of hydrogen-bond acceptors (Lipinski definition) is 3. The van der Waals surface area contributed by atoms with Crippen LogP contribution >= 0.6 is 23.2 Å². The molecule has 1 aromatic carbocycles. The molecule has 0 atom stereocenters. The molecule has 0 saturated carbocycles. The summed E-state index contributed by atoms with van der Waals surface area (Å²) in [5.41, 5.74) is 5.15. The van der Waals surface area contributed by atoms with Gasteiger partial charge in [0.05, 0.1) is 16.7 Å². The van der Waals surface area contributed by atoms with Crippen LogP contribution in [0.3, 0.4) is 0 Å². The molecule has 0 heterocycles. The molecule has 0 fully saturated rings. The van der Waals surface area contributed by atoms with Gasteiger partial charge in [-0.05, 0) is 32.0 Å². The van der Waals surface area contributed by atoms with Gasteiger partial charge in [0.25, 0.3) is 0 Å². The fourth-order valence-electron chi connectivity index (χ4n) is 0.989. The van der Waals surface area contributed by atoms with Crippen LogP contribution in [0.2, 0.25) is 5.02 Å². The van der Waals surface area contributed by atoms with Crippen LogP contribution in [0.4, 0.5) is 4.79 Å². The van der Waals surface area contributed by atoms with Crippen molar-refractivity contribution in [3.63, 3.8) is 0 Å². The normalized spacial score (nSPS) is 9.05. The molecule has 4 nitrogen and oxygen atoms in total. The number of ether oxygens (including phenoxy) is 1. The van der Waals surface area contributed by atoms with Crippen LogP contribution in [0.25, 0.3) is 0 Å². The summed E-state index contributed by atoms with van der Waals surface area (Å²) in [7, 11) is 0. The first-order chi connectivity index (χ1) is 8.77. The van der Waals surface area contributed by atoms with E-state index in [1.165, 1.54) is 6.07 Å². The molecule has 2 N–H and O–H groups in total. The van der Waals surface area contributed by atoms with Gasteiger partial charge in [0, 0.05) is 17.2 Å². The van der Waals surface area contributed by atoms with Crippen molar-refractivity contribution in [2.45, 2.75) is 20.0 Å². The SMILES string of the molecule is C#Cc1ccc(Cl)c(C(N)=O)c1.CC(C)OC(=O)Cl. The number of hydrogen-bond donors (Lipinski definition) is 1. The van der Waals surface area contributed by atoms with Crippen LogP contribution in [-0.4, -0.2) is 17.4 Å². The van der Waals surface area contributed by atoms with Gasteiger partial charge in [0.1, 0.15) is 0 Å². The predicted molar refractivity (Wildman–Crippen MR) is 75.4 cm³/mol. The zero-order valence-corrected chi connectivity index (χ0v) is 12.0. The molecular formula is C13H13Cl2NO3. The first-order valence-corrected chi connectivity index (χ1v) is 5.95. The lowest BCUT2D eigenvalue weighted by atomic mass is 10.1. The first kappa shape index (κ1) is 17.3. The van der Waals surface area contributed by atoms with Gasteiger partial charge in [-0.25, -0.2) is 4.79 Å². The zero-order valence-electron chi connectivity index (χ0n) is 10.4. The van der Waals surface area contributed by atoms with E-state index in [0.29, 0.717) is 10.6 Å². The number of carbonyl (C=O) groups is 2. The molecule has 0 radical (unpaired) electrons. The summed E-state index contributed by atoms with van der Waals surface area (Å²) in [5, 5.41) is 0.321. The Bertz CT molecular complexity index is 507. The summed E-state index contributed by atoms with van der Waals surface area (Å²) >= 11 is 10.5. The Labute approximate surface area is 121 Å². The molecule has 0 unspecified atom stereocenters. The molecule has 102 valence electrons. The molecule has 1 aromatic rings. The first-order valence-electron chi connectivity index (χ1n) is 5.20. The lowest BCUT2D eigenvalue weighted by Gasteiger charge is -2.00. The summed E-state index contributed by atoms with van der Waals surface area (Å²) in [6.45, 7) is 3.47. The molecule has 0 aliphatic heterocycles. The van der Waals surface area contributed by atoms with Crippen molar-refractivity contribution in [1.82, 2.24) is 0 Å². The van der Waals surface area contributed by atoms with Gasteiger partial charge in [-0.2, -0.15) is 0 Å². The van der Waals surface area contributed by atoms with Gasteiger partial charge in [0.2, 0.25) is 5.91 Å². The van der Waals surface area contributed by atoms with Crippen molar-refractivity contribution in [2.24, 2.45) is 5.73 Å². The fourth-order valence-corrected chi connectivity index (χ4v) is 1.38. The van der Waals surface area contributed by atoms with Crippen molar-refractivity contribution < 1.29 is 14.3 Å². The highest BCUT2D eigenvalue weighted by Gasteiger charge is 2.05. The number of amides is 1. The van der Waals surface area contributed by atoms with E-state index in [1.807, 2.05) is 0 Å². The van der Waals surface area contributed by atoms with Gasteiger partial charge in [-0.1, -0.05) is 17.5 Å². The monoisotopic (exact) mass is 301 g/mol. The molecule has 0 saturated heterocycles. The average molecular weight is 302 g/mol. The second-order valence-electron chi connectivity index (χ2n) is 3.61. The Morgan fingerprint density at radius 3 is 2.32 bits per heavy atom. The third-order valence-electron chi connectivity index (χ3n) is 1.73. The number of carbonyl (C=O) groups excluding carboxylic acids is 2. The van der Waals surface area contributed by atoms with E-state index in [2.05, 4.69) is 10.7 Å². The van der Waals surface area contributed by atoms with E-state index in [1.54, 1.807) is 26.0 Å². The highest BCUT2D eigenvalue weighted by atomic mass is 35.5. The van der Waals surface area contributed by atoms with Gasteiger partial charge < -0.3 is 10.5 Å². The number of primary amides is 1. The maximum atomic E-state index is 10.8. The molecule has 0 bridgehead atoms. The molecule has 0 aromatic heterocycles. The third kappa shape index (κ3) is 7.35. The average Bonchev–Trinajstić information content (AvgIpc) is 2.28. The Morgan fingerprint density at radius 2 is 2.00 bits per heavy atom. The van der Waals surface area contributed by atoms with Gasteiger partial charge in [-0.15, -0.1) is 6.42 Å². The van der Waals surface area contributed by atoms with Crippen molar-refractivity contribution in [3.05, 3.63) is 34.3 Å². The number of halogens is 2. The Hall–Kier alpha value is -1.70. The standard InChI is InChI=1S/C9H6ClNO.C4H7ClO2/c1-2-6-3-4-8(10)7(5-6)9(11)12;1-3(2)7-4(5)6/h1,3-5H,(H2,11,12);3H,1-2H3. The summed E-state index contributed by atoms with van der Waals surface area (Å²) in [4.78, 5) is 20.6. The predicted octanol–water partition coefficient (Wildman–Crippen LogP) is 3.19. The van der Waals surface area contributed by atoms with Crippen molar-refractivity contribution in [2.75, 3.05) is 0 Å². The van der Waals surface area contributed by atoms with Crippen molar-refractivity contribution in [1.29, 1.82) is 0 Å². The summed E-state index contributed by atoms with van der Waals surface area (Å²) in [5.74, 6) is 1.81. The van der Waals surface area contributed by atoms with Crippen LogP contribution in [0.1, 0.15) is 29.8 Å². The van der Waals surface area contributed by atoms with E-state index >= 15 is 0 Å². The molecule has 0 aliphatic carbocycles. The van der Waals surface area contributed by atoms with Crippen LogP contribution in [0.15, 0.2) is 18.2 Å². The molecule has 0 aliphatic rings. The van der Waals surface area contributed by atoms with Crippen molar-refractivity contribution in [3.8, 4) is 12.3 Å². The van der Waals surface area contributed by atoms with Crippen LogP contribution in [0, 0.1) is 12.3 Å². The topological polar surface area (TPSA) is 69.4 Å². The van der Waals surface area contributed by atoms with Gasteiger partial charge in [0.15, 0.2) is 0 Å². The molecule has 1 rings (SSSR count). The number of terminal acetylenes is 1. The van der Waals surface area contributed by atoms with E-state index in [9.17, 15) is 9.59 Å². The fraction of sp³-hybridized carbons (Fsp3) is 0.231. The summed E-state index contributed by atoms with van der Waals surface area (Å²) < 4.78 is 4.38. The van der Waals surface area contributed by atoms with E-state index in [-0.39, 0.29) is 11.7 Å². The highest BCUT2D eigenvalue weighted by molar-refractivity contribution is 6.61. The van der Waals surface area contributed by atoms with Gasteiger partial charge in [-0.3, -0.25) is 4.79 Å². The van der Waals surface area contributed by atoms with Crippen LogP contribution in [-0.2, 0) is 4.74 Å². The van der Waals surface area contributed by atoms with Crippen LogP contribution in [0.5, 0.6) is 0 Å². The molecule has 19 heavy (non-hydrogen) atoms. The second-order valence-corrected chi connectivity index (χ2v) is 4.32. The highest BCUT2D eigenvalue weighted by Crippen LogP contribution is 2.16. The quantitative estimate of drug-likeness (QED) is 0.673. The van der Waals surface area contributed by atoms with E-state index < -0.39 is 11.3 Å². The molecule has 0 spiro atoms. The minimum absolute atomic E-state index is 0.106. The smallest absolute Gasteiger partial charge is 0.404 e. The lowest BCUT2D eigenvalue weighted by molar-refractivity contribution is 0.1000. The minimum atomic E-state index is -0.741. The molecule has 1 amide bonds. The van der Waals surface area contributed by atoms with Crippen LogP contribution < -0.4 is 5.73 Å². The number of nitrogens with two attached hydrogens (primary N) is 1. The Balaban J connectivity index is 0.000000399. The maximum Gasteiger partial charge on any atom is 0.404 e. The third-order valence-corrected chi connectivity index (χ3v) is 2.15. The van der Waals surface area contributed by atoms with Gasteiger partial charge >= 0.3 is 5.43 Å². The zero-order chi connectivity index (χ0) is 15.0. The Kier molecular flexibility index (Phi) is 7.66. The Morgan fingerprint density at radius 1 is 1.42 bits per heavy atom. The largest absolute Gasteiger partial charge is 0.451 e. The maximum absolute atomic E-state index is 10.8.